The van der Waals surface area contributed by atoms with Crippen LogP contribution in [-0.2, 0) is 22.6 Å². The number of nitrogens with zero attached hydrogens (tertiary/aromatic N) is 3. The van der Waals surface area contributed by atoms with Crippen LogP contribution in [0.15, 0.2) is 41.6 Å². The predicted molar refractivity (Wildman–Crippen MR) is 130 cm³/mol. The Labute approximate surface area is 204 Å². The maximum Gasteiger partial charge on any atom is 0.234 e. The number of rotatable bonds is 8. The highest BCUT2D eigenvalue weighted by Crippen LogP contribution is 2.25. The fourth-order valence-electron chi connectivity index (χ4n) is 2.79. The molecular weight excluding hydrogens is 493 g/mol. The predicted octanol–water partition coefficient (Wildman–Crippen LogP) is 5.48. The molecule has 0 unspecified atom stereocenters. The van der Waals surface area contributed by atoms with E-state index in [2.05, 4.69) is 20.8 Å². The summed E-state index contributed by atoms with van der Waals surface area (Å²) in [6.45, 7) is 4.37. The molecule has 1 heterocycles. The number of amides is 2. The van der Waals surface area contributed by atoms with Gasteiger partial charge in [-0.1, -0.05) is 52.6 Å². The number of hydrogen-bond acceptors (Lipinski definition) is 5. The first-order valence-corrected chi connectivity index (χ1v) is 11.7. The first-order valence-electron chi connectivity index (χ1n) is 9.62. The molecule has 1 aromatic heterocycles. The van der Waals surface area contributed by atoms with Crippen LogP contribution in [0.1, 0.15) is 18.3 Å². The number of aromatic nitrogens is 3. The molecule has 2 amide bonds. The first kappa shape index (κ1) is 24.4. The molecule has 0 radical (unpaired) electrons. The van der Waals surface area contributed by atoms with Crippen LogP contribution in [0.5, 0.6) is 0 Å². The summed E-state index contributed by atoms with van der Waals surface area (Å²) >= 11 is 19.2. The number of aryl methyl sites for hydroxylation is 1. The van der Waals surface area contributed by atoms with E-state index in [1.807, 2.05) is 19.9 Å². The van der Waals surface area contributed by atoms with Gasteiger partial charge in [0.1, 0.15) is 5.82 Å². The van der Waals surface area contributed by atoms with Crippen LogP contribution in [0.3, 0.4) is 0 Å². The van der Waals surface area contributed by atoms with Crippen molar-refractivity contribution in [3.05, 3.63) is 62.9 Å². The highest BCUT2D eigenvalue weighted by Gasteiger charge is 2.16. The Bertz CT molecular complexity index is 1150. The standard InChI is InChI=1S/C21H20Cl3N5O2S/c1-3-29-18(10-19(30)25-13-5-4-12(2)16(23)8-13)27-28-21(29)32-11-20(31)26-14-6-7-15(22)17(24)9-14/h4-9H,3,10-11H2,1-2H3,(H,25,30)(H,26,31). The molecule has 2 aromatic carbocycles. The molecular formula is C21H20Cl3N5O2S. The van der Waals surface area contributed by atoms with E-state index in [-0.39, 0.29) is 24.0 Å². The van der Waals surface area contributed by atoms with Crippen molar-refractivity contribution in [3.63, 3.8) is 0 Å². The van der Waals surface area contributed by atoms with E-state index >= 15 is 0 Å². The van der Waals surface area contributed by atoms with E-state index in [0.717, 1.165) is 5.56 Å². The van der Waals surface area contributed by atoms with E-state index in [9.17, 15) is 9.59 Å². The summed E-state index contributed by atoms with van der Waals surface area (Å²) in [7, 11) is 0. The summed E-state index contributed by atoms with van der Waals surface area (Å²) in [6, 6.07) is 10.2. The van der Waals surface area contributed by atoms with E-state index in [1.54, 1.807) is 34.9 Å². The van der Waals surface area contributed by atoms with Crippen molar-refractivity contribution in [3.8, 4) is 0 Å². The lowest BCUT2D eigenvalue weighted by molar-refractivity contribution is -0.116. The van der Waals surface area contributed by atoms with Gasteiger partial charge in [0.25, 0.3) is 0 Å². The summed E-state index contributed by atoms with van der Waals surface area (Å²) in [4.78, 5) is 24.7. The van der Waals surface area contributed by atoms with Crippen LogP contribution in [-0.4, -0.2) is 32.3 Å². The van der Waals surface area contributed by atoms with Crippen molar-refractivity contribution in [2.45, 2.75) is 32.0 Å². The van der Waals surface area contributed by atoms with Gasteiger partial charge in [-0.3, -0.25) is 9.59 Å². The quantitative estimate of drug-likeness (QED) is 0.390. The lowest BCUT2D eigenvalue weighted by Gasteiger charge is -2.09. The minimum atomic E-state index is -0.235. The molecule has 0 aliphatic carbocycles. The summed E-state index contributed by atoms with van der Waals surface area (Å²) in [5.41, 5.74) is 2.09. The number of benzene rings is 2. The van der Waals surface area contributed by atoms with Gasteiger partial charge in [-0.15, -0.1) is 10.2 Å². The van der Waals surface area contributed by atoms with Crippen LogP contribution >= 0.6 is 46.6 Å². The number of halogens is 3. The van der Waals surface area contributed by atoms with Gasteiger partial charge in [0, 0.05) is 22.9 Å². The molecule has 0 aliphatic rings. The molecule has 32 heavy (non-hydrogen) atoms. The number of carbonyl (C=O) groups is 2. The van der Waals surface area contributed by atoms with E-state index in [1.165, 1.54) is 11.8 Å². The van der Waals surface area contributed by atoms with Gasteiger partial charge in [-0.25, -0.2) is 0 Å². The van der Waals surface area contributed by atoms with Crippen molar-refractivity contribution >= 4 is 69.8 Å². The van der Waals surface area contributed by atoms with Crippen molar-refractivity contribution in [2.75, 3.05) is 16.4 Å². The van der Waals surface area contributed by atoms with Crippen LogP contribution in [0.2, 0.25) is 15.1 Å². The lowest BCUT2D eigenvalue weighted by atomic mass is 10.2. The SMILES string of the molecule is CCn1c(CC(=O)Nc2ccc(C)c(Cl)c2)nnc1SCC(=O)Nc1ccc(Cl)c(Cl)c1. The van der Waals surface area contributed by atoms with Gasteiger partial charge in [-0.05, 0) is 49.7 Å². The fourth-order valence-corrected chi connectivity index (χ4v) is 4.09. The third-order valence-electron chi connectivity index (χ3n) is 4.42. The molecule has 0 saturated heterocycles. The largest absolute Gasteiger partial charge is 0.326 e. The van der Waals surface area contributed by atoms with E-state index < -0.39 is 0 Å². The minimum Gasteiger partial charge on any atom is -0.326 e. The Balaban J connectivity index is 1.58. The smallest absolute Gasteiger partial charge is 0.234 e. The molecule has 7 nitrogen and oxygen atoms in total. The average Bonchev–Trinajstić information content (AvgIpc) is 3.13. The molecule has 3 rings (SSSR count). The van der Waals surface area contributed by atoms with E-state index in [0.29, 0.717) is 44.0 Å². The maximum absolute atomic E-state index is 12.4. The van der Waals surface area contributed by atoms with Gasteiger partial charge >= 0.3 is 0 Å². The fraction of sp³-hybridized carbons (Fsp3) is 0.238. The second kappa shape index (κ2) is 11.0. The van der Waals surface area contributed by atoms with Crippen molar-refractivity contribution in [1.29, 1.82) is 0 Å². The molecule has 168 valence electrons. The molecule has 2 N–H and O–H groups in total. The van der Waals surface area contributed by atoms with Crippen molar-refractivity contribution < 1.29 is 9.59 Å². The third-order valence-corrected chi connectivity index (χ3v) is 6.53. The molecule has 0 aliphatic heterocycles. The molecule has 0 saturated carbocycles. The summed E-state index contributed by atoms with van der Waals surface area (Å²) in [6.07, 6.45) is 0.0440. The normalized spacial score (nSPS) is 10.8. The topological polar surface area (TPSA) is 88.9 Å². The van der Waals surface area contributed by atoms with Gasteiger partial charge in [-0.2, -0.15) is 0 Å². The Kier molecular flexibility index (Phi) is 8.42. The maximum atomic E-state index is 12.4. The molecule has 3 aromatic rings. The number of anilines is 2. The zero-order chi connectivity index (χ0) is 23.3. The molecule has 0 fully saturated rings. The molecule has 0 bridgehead atoms. The highest BCUT2D eigenvalue weighted by atomic mass is 35.5. The Morgan fingerprint density at radius 1 is 0.938 bits per heavy atom. The summed E-state index contributed by atoms with van der Waals surface area (Å²) < 4.78 is 1.80. The van der Waals surface area contributed by atoms with Gasteiger partial charge < -0.3 is 15.2 Å². The Morgan fingerprint density at radius 2 is 1.59 bits per heavy atom. The zero-order valence-electron chi connectivity index (χ0n) is 17.3. The van der Waals surface area contributed by atoms with Gasteiger partial charge in [0.2, 0.25) is 11.8 Å². The summed E-state index contributed by atoms with van der Waals surface area (Å²) in [5, 5.41) is 15.7. The van der Waals surface area contributed by atoms with Crippen LogP contribution in [0, 0.1) is 6.92 Å². The molecule has 0 atom stereocenters. The third kappa shape index (κ3) is 6.38. The van der Waals surface area contributed by atoms with Crippen LogP contribution in [0.25, 0.3) is 0 Å². The Hall–Kier alpha value is -2.26. The Morgan fingerprint density at radius 3 is 2.25 bits per heavy atom. The minimum absolute atomic E-state index is 0.0440. The average molecular weight is 513 g/mol. The van der Waals surface area contributed by atoms with Crippen molar-refractivity contribution in [1.82, 2.24) is 14.8 Å². The summed E-state index contributed by atoms with van der Waals surface area (Å²) in [5.74, 6) is 0.165. The van der Waals surface area contributed by atoms with Crippen LogP contribution in [0.4, 0.5) is 11.4 Å². The van der Waals surface area contributed by atoms with E-state index in [4.69, 9.17) is 34.8 Å². The first-order chi connectivity index (χ1) is 15.3. The zero-order valence-corrected chi connectivity index (χ0v) is 20.4. The number of carbonyl (C=O) groups excluding carboxylic acids is 2. The monoisotopic (exact) mass is 511 g/mol. The lowest BCUT2D eigenvalue weighted by Crippen LogP contribution is -2.18. The van der Waals surface area contributed by atoms with Gasteiger partial charge in [0.05, 0.1) is 22.2 Å². The highest BCUT2D eigenvalue weighted by molar-refractivity contribution is 7.99. The van der Waals surface area contributed by atoms with Crippen LogP contribution < -0.4 is 10.6 Å². The van der Waals surface area contributed by atoms with Crippen molar-refractivity contribution in [2.24, 2.45) is 0 Å². The number of thioether (sulfide) groups is 1. The molecule has 0 spiro atoms. The second-order valence-corrected chi connectivity index (χ2v) is 8.96. The number of nitrogens with one attached hydrogen (secondary N) is 2. The second-order valence-electron chi connectivity index (χ2n) is 6.80. The molecule has 11 heteroatoms. The number of hydrogen-bond donors (Lipinski definition) is 2. The van der Waals surface area contributed by atoms with Gasteiger partial charge in [0.15, 0.2) is 5.16 Å².